The molecule has 0 aromatic heterocycles. The maximum absolute atomic E-state index is 12.6. The molecule has 0 spiro atoms. The molecule has 0 aliphatic rings. The molecule has 22 heavy (non-hydrogen) atoms. The van der Waals surface area contributed by atoms with E-state index in [1.54, 1.807) is 6.92 Å². The summed E-state index contributed by atoms with van der Waals surface area (Å²) in [6, 6.07) is 3.68. The van der Waals surface area contributed by atoms with Crippen LogP contribution in [0.1, 0.15) is 32.8 Å². The van der Waals surface area contributed by atoms with Crippen LogP contribution in [-0.4, -0.2) is 25.4 Å². The zero-order chi connectivity index (χ0) is 17.1. The maximum atomic E-state index is 12.6. The average molecular weight is 329 g/mol. The van der Waals surface area contributed by atoms with Crippen molar-refractivity contribution in [2.24, 2.45) is 11.7 Å². The quantitative estimate of drug-likeness (QED) is 0.586. The van der Waals surface area contributed by atoms with E-state index in [0.29, 0.717) is 12.0 Å². The van der Waals surface area contributed by atoms with Gasteiger partial charge in [-0.05, 0) is 37.8 Å². The van der Waals surface area contributed by atoms with E-state index in [-0.39, 0.29) is 23.0 Å². The molecule has 0 saturated heterocycles. The molecule has 1 unspecified atom stereocenters. The number of non-ortho nitro benzene ring substituents is 1. The van der Waals surface area contributed by atoms with Crippen LogP contribution in [0.4, 0.5) is 5.69 Å². The number of rotatable bonds is 7. The van der Waals surface area contributed by atoms with Gasteiger partial charge in [0.05, 0.1) is 9.82 Å². The molecule has 3 N–H and O–H groups in total. The van der Waals surface area contributed by atoms with Gasteiger partial charge >= 0.3 is 0 Å². The Balaban J connectivity index is 3.16. The molecule has 0 fully saturated rings. The first-order valence-corrected chi connectivity index (χ1v) is 8.48. The first kappa shape index (κ1) is 18.5. The highest BCUT2D eigenvalue weighted by atomic mass is 32.2. The number of hydrogen-bond donors (Lipinski definition) is 2. The Labute approximate surface area is 131 Å². The van der Waals surface area contributed by atoms with E-state index in [2.05, 4.69) is 4.72 Å². The molecule has 0 saturated carbocycles. The van der Waals surface area contributed by atoms with Gasteiger partial charge in [0.2, 0.25) is 10.0 Å². The predicted octanol–water partition coefficient (Wildman–Crippen LogP) is 1.95. The number of nitrogens with zero attached hydrogens (tertiary/aromatic N) is 1. The minimum atomic E-state index is -3.80. The lowest BCUT2D eigenvalue weighted by atomic mass is 9.92. The Hall–Kier alpha value is -1.51. The Bertz CT molecular complexity index is 658. The summed E-state index contributed by atoms with van der Waals surface area (Å²) in [5, 5.41) is 10.7. The van der Waals surface area contributed by atoms with Gasteiger partial charge in [-0.2, -0.15) is 0 Å². The van der Waals surface area contributed by atoms with E-state index in [4.69, 9.17) is 5.73 Å². The van der Waals surface area contributed by atoms with Crippen LogP contribution in [0.25, 0.3) is 0 Å². The lowest BCUT2D eigenvalue weighted by Gasteiger charge is -2.31. The third-order valence-electron chi connectivity index (χ3n) is 3.35. The number of aryl methyl sites for hydroxylation is 1. The van der Waals surface area contributed by atoms with Gasteiger partial charge in [0.25, 0.3) is 5.69 Å². The monoisotopic (exact) mass is 329 g/mol. The van der Waals surface area contributed by atoms with Crippen molar-refractivity contribution >= 4 is 15.7 Å². The zero-order valence-electron chi connectivity index (χ0n) is 13.3. The molecular formula is C14H23N3O4S. The second-order valence-electron chi connectivity index (χ2n) is 6.18. The molecule has 8 heteroatoms. The predicted molar refractivity (Wildman–Crippen MR) is 85.1 cm³/mol. The van der Waals surface area contributed by atoms with Crippen molar-refractivity contribution in [3.63, 3.8) is 0 Å². The topological polar surface area (TPSA) is 115 Å². The molecule has 1 atom stereocenters. The second-order valence-corrected chi connectivity index (χ2v) is 7.83. The Kier molecular flexibility index (Phi) is 5.66. The number of nitrogens with two attached hydrogens (primary N) is 1. The van der Waals surface area contributed by atoms with Crippen LogP contribution in [0.5, 0.6) is 0 Å². The normalized spacial score (nSPS) is 14.8. The number of nitro groups is 1. The Morgan fingerprint density at radius 1 is 1.41 bits per heavy atom. The fraction of sp³-hybridized carbons (Fsp3) is 0.571. The van der Waals surface area contributed by atoms with Crippen LogP contribution < -0.4 is 10.5 Å². The van der Waals surface area contributed by atoms with Crippen LogP contribution in [0.15, 0.2) is 23.1 Å². The first-order chi connectivity index (χ1) is 10.0. The average Bonchev–Trinajstić information content (AvgIpc) is 2.36. The van der Waals surface area contributed by atoms with E-state index in [0.717, 1.165) is 0 Å². The molecule has 1 aromatic carbocycles. The summed E-state index contributed by atoms with van der Waals surface area (Å²) in [7, 11) is -3.80. The van der Waals surface area contributed by atoms with Gasteiger partial charge in [0.15, 0.2) is 0 Å². The van der Waals surface area contributed by atoms with E-state index in [1.165, 1.54) is 25.1 Å². The molecule has 0 heterocycles. The summed E-state index contributed by atoms with van der Waals surface area (Å²) in [5.41, 5.74) is 5.15. The van der Waals surface area contributed by atoms with Crippen LogP contribution in [0.2, 0.25) is 0 Å². The van der Waals surface area contributed by atoms with Gasteiger partial charge < -0.3 is 5.73 Å². The molecule has 0 aliphatic carbocycles. The molecule has 1 aromatic rings. The van der Waals surface area contributed by atoms with Gasteiger partial charge in [0, 0.05) is 24.2 Å². The van der Waals surface area contributed by atoms with Crippen molar-refractivity contribution in [2.75, 3.05) is 6.54 Å². The SMILES string of the molecule is Cc1cc([N+](=O)[O-])ccc1S(=O)(=O)NC(C)(CN)CC(C)C. The fourth-order valence-corrected chi connectivity index (χ4v) is 4.15. The summed E-state index contributed by atoms with van der Waals surface area (Å²) < 4.78 is 27.7. The summed E-state index contributed by atoms with van der Waals surface area (Å²) in [6.07, 6.45) is 0.592. The minimum Gasteiger partial charge on any atom is -0.329 e. The van der Waals surface area contributed by atoms with Gasteiger partial charge in [0.1, 0.15) is 0 Å². The summed E-state index contributed by atoms with van der Waals surface area (Å²) in [6.45, 7) is 7.42. The molecule has 0 amide bonds. The van der Waals surface area contributed by atoms with Crippen LogP contribution in [0, 0.1) is 23.0 Å². The molecule has 0 radical (unpaired) electrons. The molecule has 0 bridgehead atoms. The molecule has 7 nitrogen and oxygen atoms in total. The van der Waals surface area contributed by atoms with Crippen LogP contribution in [0.3, 0.4) is 0 Å². The second kappa shape index (κ2) is 6.72. The largest absolute Gasteiger partial charge is 0.329 e. The number of nitro benzene ring substituents is 1. The van der Waals surface area contributed by atoms with Crippen LogP contribution >= 0.6 is 0 Å². The number of sulfonamides is 1. The van der Waals surface area contributed by atoms with Gasteiger partial charge in [-0.3, -0.25) is 10.1 Å². The van der Waals surface area contributed by atoms with Gasteiger partial charge in [-0.1, -0.05) is 13.8 Å². The van der Waals surface area contributed by atoms with E-state index in [1.807, 2.05) is 13.8 Å². The number of hydrogen-bond acceptors (Lipinski definition) is 5. The Morgan fingerprint density at radius 3 is 2.41 bits per heavy atom. The number of benzene rings is 1. The zero-order valence-corrected chi connectivity index (χ0v) is 14.1. The van der Waals surface area contributed by atoms with E-state index < -0.39 is 20.5 Å². The van der Waals surface area contributed by atoms with E-state index in [9.17, 15) is 18.5 Å². The summed E-state index contributed by atoms with van der Waals surface area (Å²) in [4.78, 5) is 10.2. The maximum Gasteiger partial charge on any atom is 0.269 e. The lowest BCUT2D eigenvalue weighted by Crippen LogP contribution is -2.52. The smallest absolute Gasteiger partial charge is 0.269 e. The van der Waals surface area contributed by atoms with Gasteiger partial charge in [-0.25, -0.2) is 13.1 Å². The first-order valence-electron chi connectivity index (χ1n) is 7.00. The van der Waals surface area contributed by atoms with Crippen molar-refractivity contribution in [1.82, 2.24) is 4.72 Å². The van der Waals surface area contributed by atoms with Crippen molar-refractivity contribution in [3.05, 3.63) is 33.9 Å². The lowest BCUT2D eigenvalue weighted by molar-refractivity contribution is -0.385. The van der Waals surface area contributed by atoms with Crippen LogP contribution in [-0.2, 0) is 10.0 Å². The van der Waals surface area contributed by atoms with E-state index >= 15 is 0 Å². The van der Waals surface area contributed by atoms with Crippen molar-refractivity contribution in [3.8, 4) is 0 Å². The standard InChI is InChI=1S/C14H23N3O4S/c1-10(2)8-14(4,9-15)16-22(20,21)13-6-5-12(17(18)19)7-11(13)3/h5-7,10,16H,8-9,15H2,1-4H3. The van der Waals surface area contributed by atoms with Gasteiger partial charge in [-0.15, -0.1) is 0 Å². The van der Waals surface area contributed by atoms with Crippen molar-refractivity contribution in [1.29, 1.82) is 0 Å². The molecule has 1 rings (SSSR count). The Morgan fingerprint density at radius 2 is 2.00 bits per heavy atom. The third-order valence-corrected chi connectivity index (χ3v) is 5.15. The molecule has 124 valence electrons. The molecule has 0 aliphatic heterocycles. The number of nitrogens with one attached hydrogen (secondary N) is 1. The summed E-state index contributed by atoms with van der Waals surface area (Å²) in [5.74, 6) is 0.272. The highest BCUT2D eigenvalue weighted by molar-refractivity contribution is 7.89. The van der Waals surface area contributed by atoms with Crippen molar-refractivity contribution in [2.45, 2.75) is 44.6 Å². The minimum absolute atomic E-state index is 0.0292. The highest BCUT2D eigenvalue weighted by Crippen LogP contribution is 2.24. The highest BCUT2D eigenvalue weighted by Gasteiger charge is 2.31. The van der Waals surface area contributed by atoms with Crippen molar-refractivity contribution < 1.29 is 13.3 Å². The third kappa shape index (κ3) is 4.49. The molecular weight excluding hydrogens is 306 g/mol. The fourth-order valence-electron chi connectivity index (χ4n) is 2.50. The summed E-state index contributed by atoms with van der Waals surface area (Å²) >= 11 is 0.